The van der Waals surface area contributed by atoms with E-state index in [9.17, 15) is 9.18 Å². The van der Waals surface area contributed by atoms with Crippen LogP contribution in [0, 0.1) is 5.82 Å². The monoisotopic (exact) mass is 400 g/mol. The summed E-state index contributed by atoms with van der Waals surface area (Å²) >= 11 is 1.31. The SMILES string of the molecule is CCN(Cc1cccc(F)c1)C(=O)CSc1nncn1-c1cccc(OC)c1. The second-order valence-electron chi connectivity index (χ2n) is 6.01. The Balaban J connectivity index is 1.66. The number of carbonyl (C=O) groups excluding carboxylic acids is 1. The number of benzene rings is 2. The van der Waals surface area contributed by atoms with E-state index in [-0.39, 0.29) is 17.5 Å². The number of thioether (sulfide) groups is 1. The Kier molecular flexibility index (Phi) is 6.65. The molecule has 3 rings (SSSR count). The highest BCUT2D eigenvalue weighted by Gasteiger charge is 2.16. The number of hydrogen-bond donors (Lipinski definition) is 0. The summed E-state index contributed by atoms with van der Waals surface area (Å²) in [6.45, 7) is 2.81. The molecule has 6 nitrogen and oxygen atoms in total. The molecule has 2 aromatic carbocycles. The fourth-order valence-electron chi connectivity index (χ4n) is 2.71. The molecule has 0 N–H and O–H groups in total. The van der Waals surface area contributed by atoms with Crippen LogP contribution in [0.1, 0.15) is 12.5 Å². The summed E-state index contributed by atoms with van der Waals surface area (Å²) in [7, 11) is 1.61. The maximum Gasteiger partial charge on any atom is 0.233 e. The lowest BCUT2D eigenvalue weighted by Crippen LogP contribution is -2.31. The highest BCUT2D eigenvalue weighted by atomic mass is 32.2. The van der Waals surface area contributed by atoms with E-state index in [1.165, 1.54) is 23.9 Å². The molecular formula is C20H21FN4O2S. The fraction of sp³-hybridized carbons (Fsp3) is 0.250. The van der Waals surface area contributed by atoms with E-state index in [4.69, 9.17) is 4.74 Å². The predicted molar refractivity (Wildman–Crippen MR) is 106 cm³/mol. The number of aromatic nitrogens is 3. The van der Waals surface area contributed by atoms with Crippen molar-refractivity contribution in [1.82, 2.24) is 19.7 Å². The Labute approximate surface area is 167 Å². The molecule has 0 bridgehead atoms. The molecule has 146 valence electrons. The van der Waals surface area contributed by atoms with Gasteiger partial charge in [0.15, 0.2) is 5.16 Å². The fourth-order valence-corrected chi connectivity index (χ4v) is 3.54. The molecule has 1 heterocycles. The van der Waals surface area contributed by atoms with Crippen molar-refractivity contribution in [1.29, 1.82) is 0 Å². The molecule has 0 fully saturated rings. The number of carbonyl (C=O) groups is 1. The van der Waals surface area contributed by atoms with Crippen LogP contribution in [0.25, 0.3) is 5.69 Å². The molecule has 0 aliphatic rings. The first-order chi connectivity index (χ1) is 13.6. The molecule has 0 saturated heterocycles. The quantitative estimate of drug-likeness (QED) is 0.541. The van der Waals surface area contributed by atoms with Crippen molar-refractivity contribution in [3.8, 4) is 11.4 Å². The molecule has 1 amide bonds. The lowest BCUT2D eigenvalue weighted by Gasteiger charge is -2.21. The normalized spacial score (nSPS) is 10.7. The van der Waals surface area contributed by atoms with E-state index in [1.807, 2.05) is 41.8 Å². The number of ether oxygens (including phenoxy) is 1. The standard InChI is InChI=1S/C20H21FN4O2S/c1-3-24(12-15-6-4-7-16(21)10-15)19(26)13-28-20-23-22-14-25(20)17-8-5-9-18(11-17)27-2/h4-11,14H,3,12-13H2,1-2H3. The summed E-state index contributed by atoms with van der Waals surface area (Å²) in [6, 6.07) is 13.8. The van der Waals surface area contributed by atoms with Gasteiger partial charge in [-0.15, -0.1) is 10.2 Å². The first-order valence-corrected chi connectivity index (χ1v) is 9.78. The third-order valence-electron chi connectivity index (χ3n) is 4.17. The molecule has 1 aromatic heterocycles. The Morgan fingerprint density at radius 3 is 2.82 bits per heavy atom. The van der Waals surface area contributed by atoms with Gasteiger partial charge in [0, 0.05) is 19.2 Å². The van der Waals surface area contributed by atoms with Gasteiger partial charge in [-0.2, -0.15) is 0 Å². The van der Waals surface area contributed by atoms with Crippen molar-refractivity contribution in [3.05, 3.63) is 66.2 Å². The Morgan fingerprint density at radius 2 is 2.07 bits per heavy atom. The van der Waals surface area contributed by atoms with Gasteiger partial charge in [0.1, 0.15) is 17.9 Å². The van der Waals surface area contributed by atoms with Gasteiger partial charge in [0.05, 0.1) is 18.6 Å². The van der Waals surface area contributed by atoms with Gasteiger partial charge in [-0.3, -0.25) is 9.36 Å². The molecule has 28 heavy (non-hydrogen) atoms. The van der Waals surface area contributed by atoms with Crippen LogP contribution in [0.4, 0.5) is 4.39 Å². The average Bonchev–Trinajstić information content (AvgIpc) is 3.19. The van der Waals surface area contributed by atoms with Crippen LogP contribution in [-0.4, -0.2) is 45.0 Å². The Bertz CT molecular complexity index is 947. The molecule has 0 atom stereocenters. The van der Waals surface area contributed by atoms with Crippen molar-refractivity contribution < 1.29 is 13.9 Å². The smallest absolute Gasteiger partial charge is 0.233 e. The maximum absolute atomic E-state index is 13.4. The maximum atomic E-state index is 13.4. The van der Waals surface area contributed by atoms with Gasteiger partial charge in [-0.25, -0.2) is 4.39 Å². The highest BCUT2D eigenvalue weighted by molar-refractivity contribution is 7.99. The topological polar surface area (TPSA) is 60.2 Å². The number of rotatable bonds is 8. The second-order valence-corrected chi connectivity index (χ2v) is 6.95. The van der Waals surface area contributed by atoms with Crippen LogP contribution in [0.15, 0.2) is 60.0 Å². The molecule has 8 heteroatoms. The summed E-state index contributed by atoms with van der Waals surface area (Å²) < 4.78 is 20.4. The van der Waals surface area contributed by atoms with E-state index in [0.717, 1.165) is 17.0 Å². The Morgan fingerprint density at radius 1 is 1.25 bits per heavy atom. The number of methoxy groups -OCH3 is 1. The van der Waals surface area contributed by atoms with E-state index >= 15 is 0 Å². The number of hydrogen-bond acceptors (Lipinski definition) is 5. The van der Waals surface area contributed by atoms with Crippen LogP contribution in [0.3, 0.4) is 0 Å². The zero-order chi connectivity index (χ0) is 19.9. The van der Waals surface area contributed by atoms with Gasteiger partial charge >= 0.3 is 0 Å². The van der Waals surface area contributed by atoms with E-state index in [2.05, 4.69) is 10.2 Å². The van der Waals surface area contributed by atoms with Crippen molar-refractivity contribution in [3.63, 3.8) is 0 Å². The van der Waals surface area contributed by atoms with Crippen LogP contribution in [0.5, 0.6) is 5.75 Å². The molecule has 0 aliphatic carbocycles. The zero-order valence-corrected chi connectivity index (χ0v) is 16.5. The first-order valence-electron chi connectivity index (χ1n) is 8.80. The molecule has 0 unspecified atom stereocenters. The molecular weight excluding hydrogens is 379 g/mol. The van der Waals surface area contributed by atoms with Gasteiger partial charge in [-0.05, 0) is 36.8 Å². The largest absolute Gasteiger partial charge is 0.497 e. The van der Waals surface area contributed by atoms with E-state index in [1.54, 1.807) is 24.4 Å². The average molecular weight is 400 g/mol. The summed E-state index contributed by atoms with van der Waals surface area (Å²) in [4.78, 5) is 14.3. The van der Waals surface area contributed by atoms with Crippen molar-refractivity contribution >= 4 is 17.7 Å². The summed E-state index contributed by atoms with van der Waals surface area (Å²) in [5.41, 5.74) is 1.62. The Hall–Kier alpha value is -2.87. The number of amides is 1. The van der Waals surface area contributed by atoms with Crippen molar-refractivity contribution in [2.24, 2.45) is 0 Å². The van der Waals surface area contributed by atoms with Crippen LogP contribution < -0.4 is 4.74 Å². The molecule has 0 spiro atoms. The minimum Gasteiger partial charge on any atom is -0.497 e. The lowest BCUT2D eigenvalue weighted by molar-refractivity contribution is -0.128. The molecule has 0 radical (unpaired) electrons. The zero-order valence-electron chi connectivity index (χ0n) is 15.7. The number of halogens is 1. The third-order valence-corrected chi connectivity index (χ3v) is 5.10. The minimum absolute atomic E-state index is 0.0445. The summed E-state index contributed by atoms with van der Waals surface area (Å²) in [6.07, 6.45) is 1.60. The summed E-state index contributed by atoms with van der Waals surface area (Å²) in [5.74, 6) is 0.593. The minimum atomic E-state index is -0.304. The van der Waals surface area contributed by atoms with Gasteiger partial charge in [0.2, 0.25) is 5.91 Å². The first kappa shape index (κ1) is 19.9. The van der Waals surface area contributed by atoms with Gasteiger partial charge < -0.3 is 9.64 Å². The van der Waals surface area contributed by atoms with Gasteiger partial charge in [0.25, 0.3) is 0 Å². The lowest BCUT2D eigenvalue weighted by atomic mass is 10.2. The second kappa shape index (κ2) is 9.36. The van der Waals surface area contributed by atoms with E-state index in [0.29, 0.717) is 18.2 Å². The molecule has 3 aromatic rings. The van der Waals surface area contributed by atoms with Crippen LogP contribution in [0.2, 0.25) is 0 Å². The van der Waals surface area contributed by atoms with E-state index < -0.39 is 0 Å². The van der Waals surface area contributed by atoms with Crippen LogP contribution >= 0.6 is 11.8 Å². The molecule has 0 saturated carbocycles. The van der Waals surface area contributed by atoms with Crippen LogP contribution in [-0.2, 0) is 11.3 Å². The van der Waals surface area contributed by atoms with Gasteiger partial charge in [-0.1, -0.05) is 30.0 Å². The third kappa shape index (κ3) is 4.89. The predicted octanol–water partition coefficient (Wildman–Crippen LogP) is 3.56. The van der Waals surface area contributed by atoms with Crippen molar-refractivity contribution in [2.45, 2.75) is 18.6 Å². The number of nitrogens with zero attached hydrogens (tertiary/aromatic N) is 4. The summed E-state index contributed by atoms with van der Waals surface area (Å²) in [5, 5.41) is 8.69. The molecule has 0 aliphatic heterocycles. The van der Waals surface area contributed by atoms with Crippen molar-refractivity contribution in [2.75, 3.05) is 19.4 Å². The highest BCUT2D eigenvalue weighted by Crippen LogP contribution is 2.23.